The molecule has 1 rings (SSSR count). The van der Waals surface area contributed by atoms with Crippen LogP contribution in [-0.4, -0.2) is 54.7 Å². The quantitative estimate of drug-likeness (QED) is 0.135. The van der Waals surface area contributed by atoms with Gasteiger partial charge in [-0.05, 0) is 48.8 Å². The first-order valence-corrected chi connectivity index (χ1v) is 14.2. The highest BCUT2D eigenvalue weighted by Gasteiger charge is 2.31. The summed E-state index contributed by atoms with van der Waals surface area (Å²) in [6.45, 7) is 15.2. The van der Waals surface area contributed by atoms with E-state index in [1.54, 1.807) is 13.8 Å². The first-order valence-electron chi connectivity index (χ1n) is 14.2. The number of hydrogen-bond acceptors (Lipinski definition) is 10. The number of carbonyl (C=O) groups is 4. The summed E-state index contributed by atoms with van der Waals surface area (Å²) >= 11 is 0. The highest BCUT2D eigenvalue weighted by Crippen LogP contribution is 2.35. The van der Waals surface area contributed by atoms with Crippen LogP contribution in [0.25, 0.3) is 0 Å². The molecule has 0 aliphatic rings. The predicted molar refractivity (Wildman–Crippen MR) is 152 cm³/mol. The van der Waals surface area contributed by atoms with Crippen molar-refractivity contribution in [1.82, 2.24) is 0 Å². The number of esters is 1. The van der Waals surface area contributed by atoms with Gasteiger partial charge in [-0.2, -0.15) is 0 Å². The number of hydrogen-bond donors (Lipinski definition) is 2. The zero-order valence-corrected chi connectivity index (χ0v) is 25.5. The minimum Gasteiger partial charge on any atom is -0.480 e. The predicted octanol–water partition coefficient (Wildman–Crippen LogP) is 5.92. The van der Waals surface area contributed by atoms with Crippen molar-refractivity contribution in [3.8, 4) is 11.5 Å². The highest BCUT2D eigenvalue weighted by molar-refractivity contribution is 5.75. The Morgan fingerprint density at radius 1 is 0.829 bits per heavy atom. The molecule has 0 fully saturated rings. The lowest BCUT2D eigenvalue weighted by Gasteiger charge is -2.26. The Hall–Kier alpha value is -3.34. The molecular weight excluding hydrogens is 534 g/mol. The third-order valence-electron chi connectivity index (χ3n) is 7.14. The van der Waals surface area contributed by atoms with Gasteiger partial charge >= 0.3 is 24.2 Å². The van der Waals surface area contributed by atoms with Gasteiger partial charge in [0.1, 0.15) is 6.04 Å². The van der Waals surface area contributed by atoms with Crippen molar-refractivity contribution in [2.24, 2.45) is 29.4 Å². The molecule has 0 saturated heterocycles. The molecular formula is C30H47NO10. The average Bonchev–Trinajstić information content (AvgIpc) is 2.93. The first kappa shape index (κ1) is 35.7. The van der Waals surface area contributed by atoms with E-state index in [4.69, 9.17) is 29.4 Å². The summed E-state index contributed by atoms with van der Waals surface area (Å²) in [7, 11) is 0. The van der Waals surface area contributed by atoms with Gasteiger partial charge in [0, 0.05) is 5.92 Å². The summed E-state index contributed by atoms with van der Waals surface area (Å²) < 4.78 is 26.6. The Labute approximate surface area is 243 Å². The number of carboxylic acid groups (broad SMARTS) is 1. The topological polar surface area (TPSA) is 161 Å². The second-order valence-corrected chi connectivity index (χ2v) is 11.0. The number of aliphatic carboxylic acids is 1. The van der Waals surface area contributed by atoms with Crippen LogP contribution in [0.3, 0.4) is 0 Å². The molecule has 0 spiro atoms. The van der Waals surface area contributed by atoms with Crippen LogP contribution < -0.4 is 15.2 Å². The molecule has 41 heavy (non-hydrogen) atoms. The molecule has 11 nitrogen and oxygen atoms in total. The van der Waals surface area contributed by atoms with E-state index in [-0.39, 0.29) is 54.8 Å². The van der Waals surface area contributed by atoms with Crippen LogP contribution >= 0.6 is 0 Å². The fourth-order valence-electron chi connectivity index (χ4n) is 3.46. The lowest BCUT2D eigenvalue weighted by atomic mass is 9.87. The summed E-state index contributed by atoms with van der Waals surface area (Å²) in [6.07, 6.45) is -1.03. The van der Waals surface area contributed by atoms with Crippen LogP contribution in [0.4, 0.5) is 9.59 Å². The van der Waals surface area contributed by atoms with Crippen LogP contribution in [-0.2, 0) is 23.8 Å². The second kappa shape index (κ2) is 17.5. The van der Waals surface area contributed by atoms with Gasteiger partial charge in [-0.3, -0.25) is 9.59 Å². The van der Waals surface area contributed by atoms with E-state index in [9.17, 15) is 24.3 Å². The molecule has 11 heteroatoms. The molecule has 232 valence electrons. The van der Waals surface area contributed by atoms with Crippen molar-refractivity contribution in [1.29, 1.82) is 0 Å². The lowest BCUT2D eigenvalue weighted by Crippen LogP contribution is -2.38. The van der Waals surface area contributed by atoms with Crippen LogP contribution in [0, 0.1) is 23.7 Å². The third kappa shape index (κ3) is 12.4. The SMILES string of the molecule is CCC(C)COC(=O)Oc1ccc(C(CC(C)OC(=O)C(C)C(C)C)[C@H](N)C(=O)O)cc1OC(=O)OCC(C)CC. The molecule has 1 aromatic rings. The third-order valence-corrected chi connectivity index (χ3v) is 7.14. The van der Waals surface area contributed by atoms with Crippen LogP contribution in [0.5, 0.6) is 11.5 Å². The van der Waals surface area contributed by atoms with Crippen molar-refractivity contribution in [3.05, 3.63) is 23.8 Å². The van der Waals surface area contributed by atoms with Crippen molar-refractivity contribution >= 4 is 24.2 Å². The molecule has 0 radical (unpaired) electrons. The molecule has 0 aliphatic heterocycles. The van der Waals surface area contributed by atoms with Gasteiger partial charge in [0.2, 0.25) is 0 Å². The van der Waals surface area contributed by atoms with Crippen molar-refractivity contribution in [2.45, 2.75) is 92.7 Å². The van der Waals surface area contributed by atoms with Crippen molar-refractivity contribution in [3.63, 3.8) is 0 Å². The van der Waals surface area contributed by atoms with Crippen molar-refractivity contribution in [2.75, 3.05) is 13.2 Å². The van der Waals surface area contributed by atoms with Gasteiger partial charge in [-0.25, -0.2) is 9.59 Å². The second-order valence-electron chi connectivity index (χ2n) is 11.0. The normalized spacial score (nSPS) is 15.6. The van der Waals surface area contributed by atoms with Gasteiger partial charge in [-0.15, -0.1) is 0 Å². The largest absolute Gasteiger partial charge is 0.513 e. The maximum absolute atomic E-state index is 12.5. The van der Waals surface area contributed by atoms with E-state index in [0.717, 1.165) is 12.8 Å². The first-order chi connectivity index (χ1) is 19.2. The smallest absolute Gasteiger partial charge is 0.480 e. The van der Waals surface area contributed by atoms with Gasteiger partial charge in [0.15, 0.2) is 11.5 Å². The standard InChI is InChI=1S/C30H47NO10/c1-9-18(5)15-37-29(35)40-24-12-11-22(14-25(24)41-30(36)38-16-19(6)10-2)23(26(31)27(32)33)13-20(7)39-28(34)21(8)17(3)4/h11-12,14,17-21,23,26H,9-10,13,15-16,31H2,1-8H3,(H,32,33)/t18?,19?,20?,21?,23?,26-/m0/s1. The molecule has 3 N–H and O–H groups in total. The molecule has 0 amide bonds. The van der Waals surface area contributed by atoms with E-state index < -0.39 is 42.3 Å². The van der Waals surface area contributed by atoms with E-state index in [0.29, 0.717) is 5.56 Å². The highest BCUT2D eigenvalue weighted by atomic mass is 16.7. The van der Waals surface area contributed by atoms with Crippen LogP contribution in [0.15, 0.2) is 18.2 Å². The molecule has 0 aromatic heterocycles. The summed E-state index contributed by atoms with van der Waals surface area (Å²) in [5, 5.41) is 9.70. The zero-order valence-electron chi connectivity index (χ0n) is 25.5. The summed E-state index contributed by atoms with van der Waals surface area (Å²) in [5.74, 6) is -2.90. The monoisotopic (exact) mass is 581 g/mol. The summed E-state index contributed by atoms with van der Waals surface area (Å²) in [5.41, 5.74) is 6.41. The summed E-state index contributed by atoms with van der Waals surface area (Å²) in [6, 6.07) is 2.85. The average molecular weight is 582 g/mol. The number of carbonyl (C=O) groups excluding carboxylic acids is 3. The molecule has 1 aromatic carbocycles. The van der Waals surface area contributed by atoms with Crippen LogP contribution in [0.2, 0.25) is 0 Å². The number of ether oxygens (including phenoxy) is 5. The number of nitrogens with two attached hydrogens (primary N) is 1. The van der Waals surface area contributed by atoms with E-state index in [1.807, 2.05) is 41.5 Å². The lowest BCUT2D eigenvalue weighted by molar-refractivity contribution is -0.154. The van der Waals surface area contributed by atoms with Gasteiger partial charge in [0.25, 0.3) is 0 Å². The maximum Gasteiger partial charge on any atom is 0.513 e. The number of benzene rings is 1. The number of carboxylic acids is 1. The maximum atomic E-state index is 12.5. The molecule has 6 atom stereocenters. The molecule has 0 bridgehead atoms. The van der Waals surface area contributed by atoms with Gasteiger partial charge in [0.05, 0.1) is 25.2 Å². The van der Waals surface area contributed by atoms with Gasteiger partial charge < -0.3 is 34.5 Å². The van der Waals surface area contributed by atoms with Gasteiger partial charge in [-0.1, -0.05) is 67.4 Å². The molecule has 5 unspecified atom stereocenters. The summed E-state index contributed by atoms with van der Waals surface area (Å²) in [4.78, 5) is 49.2. The fraction of sp³-hybridized carbons (Fsp3) is 0.667. The number of rotatable bonds is 16. The molecule has 0 heterocycles. The minimum absolute atomic E-state index is 0.0657. The van der Waals surface area contributed by atoms with E-state index in [1.165, 1.54) is 18.2 Å². The minimum atomic E-state index is -1.38. The van der Waals surface area contributed by atoms with E-state index in [2.05, 4.69) is 0 Å². The Balaban J connectivity index is 3.32. The Bertz CT molecular complexity index is 1010. The Kier molecular flexibility index (Phi) is 15.2. The van der Waals surface area contributed by atoms with Crippen LogP contribution in [0.1, 0.15) is 86.1 Å². The Morgan fingerprint density at radius 2 is 1.34 bits per heavy atom. The molecule has 0 aliphatic carbocycles. The molecule has 0 saturated carbocycles. The zero-order chi connectivity index (χ0) is 31.3. The Morgan fingerprint density at radius 3 is 1.80 bits per heavy atom. The van der Waals surface area contributed by atoms with E-state index >= 15 is 0 Å². The van der Waals surface area contributed by atoms with Crippen molar-refractivity contribution < 1.29 is 48.0 Å². The fourth-order valence-corrected chi connectivity index (χ4v) is 3.46.